The molecule has 3 aromatic heterocycles. The van der Waals surface area contributed by atoms with Gasteiger partial charge in [-0.25, -0.2) is 0 Å². The lowest BCUT2D eigenvalue weighted by atomic mass is 9.93. The molecular formula is C24H29N5O2S. The van der Waals surface area contributed by atoms with E-state index in [0.717, 1.165) is 67.9 Å². The Morgan fingerprint density at radius 2 is 2.09 bits per heavy atom. The number of Topliss-reactive ketones (excluding diaryl/α,β-unsaturated/α-hetero) is 1. The maximum Gasteiger partial charge on any atom is 0.172 e. The molecule has 7 nitrogen and oxygen atoms in total. The van der Waals surface area contributed by atoms with E-state index in [9.17, 15) is 4.79 Å². The maximum atomic E-state index is 13.4. The highest BCUT2D eigenvalue weighted by atomic mass is 32.1. The summed E-state index contributed by atoms with van der Waals surface area (Å²) < 4.78 is 6.46. The lowest BCUT2D eigenvalue weighted by molar-refractivity contribution is 0.0853. The molecular weight excluding hydrogens is 422 g/mol. The lowest BCUT2D eigenvalue weighted by Gasteiger charge is -2.33. The van der Waals surface area contributed by atoms with Gasteiger partial charge in [-0.15, -0.1) is 11.3 Å². The quantitative estimate of drug-likeness (QED) is 0.572. The first-order valence-corrected chi connectivity index (χ1v) is 12.1. The van der Waals surface area contributed by atoms with E-state index in [1.807, 2.05) is 12.3 Å². The van der Waals surface area contributed by atoms with Crippen LogP contribution in [-0.2, 0) is 11.2 Å². The molecule has 0 radical (unpaired) electrons. The summed E-state index contributed by atoms with van der Waals surface area (Å²) in [4.78, 5) is 24.6. The number of ether oxygens (including phenoxy) is 1. The molecule has 0 aliphatic carbocycles. The van der Waals surface area contributed by atoms with Crippen LogP contribution in [0.4, 0.5) is 10.7 Å². The normalized spacial score (nSPS) is 20.0. The minimum absolute atomic E-state index is 0.0179. The second-order valence-corrected chi connectivity index (χ2v) is 9.88. The molecule has 1 atom stereocenters. The molecule has 168 valence electrons. The van der Waals surface area contributed by atoms with Gasteiger partial charge in [0, 0.05) is 68.6 Å². The van der Waals surface area contributed by atoms with Crippen LogP contribution in [0.3, 0.4) is 0 Å². The van der Waals surface area contributed by atoms with Gasteiger partial charge < -0.3 is 21.1 Å². The Labute approximate surface area is 191 Å². The third-order valence-electron chi connectivity index (χ3n) is 6.58. The number of piperidine rings is 1. The number of nitrogen functional groups attached to an aromatic ring is 1. The summed E-state index contributed by atoms with van der Waals surface area (Å²) in [6.45, 7) is 3.31. The average Bonchev–Trinajstić information content (AvgIpc) is 3.15. The van der Waals surface area contributed by atoms with Crippen molar-refractivity contribution in [3.8, 4) is 0 Å². The minimum atomic E-state index is -0.0179. The van der Waals surface area contributed by atoms with Gasteiger partial charge in [0.25, 0.3) is 0 Å². The molecule has 0 saturated carbocycles. The van der Waals surface area contributed by atoms with Crippen LogP contribution in [0.25, 0.3) is 10.2 Å². The van der Waals surface area contributed by atoms with Crippen molar-refractivity contribution >= 4 is 38.0 Å². The third-order valence-corrected chi connectivity index (χ3v) is 7.53. The number of nitrogens with two attached hydrogens (primary N) is 2. The second-order valence-electron chi connectivity index (χ2n) is 8.80. The molecule has 8 heteroatoms. The molecule has 2 fully saturated rings. The number of nitrogens with zero attached hydrogens (tertiary/aromatic N) is 3. The molecule has 2 aliphatic rings. The summed E-state index contributed by atoms with van der Waals surface area (Å²) in [7, 11) is 0. The van der Waals surface area contributed by atoms with Crippen LogP contribution in [0.5, 0.6) is 0 Å². The molecule has 0 spiro atoms. The van der Waals surface area contributed by atoms with Crippen LogP contribution >= 0.6 is 11.3 Å². The van der Waals surface area contributed by atoms with E-state index in [1.54, 1.807) is 12.4 Å². The SMILES string of the molecule is Nc1sc2cc(C3CCOCC3)cnc2c1C(=O)Cc1cnccc1N1CCC[C@H](N)C1. The number of anilines is 2. The molecule has 2 saturated heterocycles. The van der Waals surface area contributed by atoms with Gasteiger partial charge in [-0.05, 0) is 49.3 Å². The zero-order chi connectivity index (χ0) is 22.1. The number of fused-ring (bicyclic) bond motifs is 1. The number of carbonyl (C=O) groups excluding carboxylic acids is 1. The summed E-state index contributed by atoms with van der Waals surface area (Å²) in [5.74, 6) is 0.438. The summed E-state index contributed by atoms with van der Waals surface area (Å²) in [5, 5.41) is 0.534. The maximum absolute atomic E-state index is 13.4. The van der Waals surface area contributed by atoms with E-state index < -0.39 is 0 Å². The number of ketones is 1. The van der Waals surface area contributed by atoms with E-state index in [2.05, 4.69) is 20.9 Å². The van der Waals surface area contributed by atoms with Crippen molar-refractivity contribution in [2.45, 2.75) is 44.1 Å². The first kappa shape index (κ1) is 21.3. The smallest absolute Gasteiger partial charge is 0.172 e. The molecule has 0 amide bonds. The zero-order valence-corrected chi connectivity index (χ0v) is 18.9. The second kappa shape index (κ2) is 9.13. The highest BCUT2D eigenvalue weighted by Crippen LogP contribution is 2.37. The van der Waals surface area contributed by atoms with Gasteiger partial charge >= 0.3 is 0 Å². The molecule has 0 bridgehead atoms. The number of thiophene rings is 1. The van der Waals surface area contributed by atoms with Crippen LogP contribution in [0, 0.1) is 0 Å². The number of hydrogen-bond donors (Lipinski definition) is 2. The fraction of sp³-hybridized carbons (Fsp3) is 0.458. The van der Waals surface area contributed by atoms with Crippen molar-refractivity contribution in [1.29, 1.82) is 0 Å². The van der Waals surface area contributed by atoms with Crippen LogP contribution < -0.4 is 16.4 Å². The van der Waals surface area contributed by atoms with Gasteiger partial charge in [-0.1, -0.05) is 0 Å². The van der Waals surface area contributed by atoms with Gasteiger partial charge in [-0.2, -0.15) is 0 Å². The van der Waals surface area contributed by atoms with Gasteiger partial charge in [0.15, 0.2) is 5.78 Å². The fourth-order valence-electron chi connectivity index (χ4n) is 4.89. The van der Waals surface area contributed by atoms with Gasteiger partial charge in [-0.3, -0.25) is 14.8 Å². The largest absolute Gasteiger partial charge is 0.390 e. The fourth-order valence-corrected chi connectivity index (χ4v) is 5.89. The minimum Gasteiger partial charge on any atom is -0.390 e. The number of rotatable bonds is 5. The number of aromatic nitrogens is 2. The first-order valence-electron chi connectivity index (χ1n) is 11.3. The van der Waals surface area contributed by atoms with Crippen LogP contribution in [0.2, 0.25) is 0 Å². The van der Waals surface area contributed by atoms with Gasteiger partial charge in [0.2, 0.25) is 0 Å². The Balaban J connectivity index is 1.41. The molecule has 32 heavy (non-hydrogen) atoms. The molecule has 3 aromatic rings. The molecule has 2 aliphatic heterocycles. The summed E-state index contributed by atoms with van der Waals surface area (Å²) in [6.07, 6.45) is 9.81. The Morgan fingerprint density at radius 1 is 1.25 bits per heavy atom. The van der Waals surface area contributed by atoms with Crippen LogP contribution in [-0.4, -0.2) is 48.1 Å². The van der Waals surface area contributed by atoms with Crippen molar-refractivity contribution in [1.82, 2.24) is 9.97 Å². The standard InChI is InChI=1S/C24H29N5O2S/c25-18-2-1-7-29(14-18)19-3-6-27-12-17(19)10-20(30)22-23-21(32-24(22)26)11-16(13-28-23)15-4-8-31-9-5-15/h3,6,11-13,15,18H,1-2,4-5,7-10,14,25-26H2/t18-/m0/s1. The Hall–Kier alpha value is -2.55. The highest BCUT2D eigenvalue weighted by Gasteiger charge is 2.24. The van der Waals surface area contributed by atoms with Gasteiger partial charge in [0.1, 0.15) is 0 Å². The van der Waals surface area contributed by atoms with Crippen molar-refractivity contribution < 1.29 is 9.53 Å². The van der Waals surface area contributed by atoms with Crippen molar-refractivity contribution in [3.05, 3.63) is 47.4 Å². The molecule has 5 rings (SSSR count). The Morgan fingerprint density at radius 3 is 2.91 bits per heavy atom. The zero-order valence-electron chi connectivity index (χ0n) is 18.1. The number of pyridine rings is 2. The lowest BCUT2D eigenvalue weighted by Crippen LogP contribution is -2.43. The summed E-state index contributed by atoms with van der Waals surface area (Å²) in [5.41, 5.74) is 16.9. The molecule has 0 aromatic carbocycles. The molecule has 5 heterocycles. The monoisotopic (exact) mass is 451 g/mol. The topological polar surface area (TPSA) is 107 Å². The summed E-state index contributed by atoms with van der Waals surface area (Å²) in [6, 6.07) is 4.29. The van der Waals surface area contributed by atoms with Gasteiger partial charge in [0.05, 0.1) is 20.8 Å². The third kappa shape index (κ3) is 4.22. The van der Waals surface area contributed by atoms with E-state index in [1.165, 1.54) is 16.9 Å². The average molecular weight is 452 g/mol. The van der Waals surface area contributed by atoms with E-state index >= 15 is 0 Å². The number of carbonyl (C=O) groups is 1. The van der Waals surface area contributed by atoms with Crippen LogP contribution in [0.1, 0.15) is 53.1 Å². The van der Waals surface area contributed by atoms with Crippen molar-refractivity contribution in [3.63, 3.8) is 0 Å². The van der Waals surface area contributed by atoms with Crippen LogP contribution in [0.15, 0.2) is 30.7 Å². The van der Waals surface area contributed by atoms with E-state index in [0.29, 0.717) is 22.0 Å². The van der Waals surface area contributed by atoms with E-state index in [-0.39, 0.29) is 18.2 Å². The molecule has 0 unspecified atom stereocenters. The van der Waals surface area contributed by atoms with Crippen molar-refractivity contribution in [2.75, 3.05) is 36.9 Å². The Bertz CT molecular complexity index is 1120. The first-order chi connectivity index (χ1) is 15.6. The summed E-state index contributed by atoms with van der Waals surface area (Å²) >= 11 is 1.45. The van der Waals surface area contributed by atoms with Crippen molar-refractivity contribution in [2.24, 2.45) is 5.73 Å². The highest BCUT2D eigenvalue weighted by molar-refractivity contribution is 7.23. The number of hydrogen-bond acceptors (Lipinski definition) is 8. The predicted octanol–water partition coefficient (Wildman–Crippen LogP) is 3.52. The predicted molar refractivity (Wildman–Crippen MR) is 129 cm³/mol. The molecule has 4 N–H and O–H groups in total. The van der Waals surface area contributed by atoms with E-state index in [4.69, 9.17) is 16.2 Å². The Kier molecular flexibility index (Phi) is 6.08.